The minimum Gasteiger partial charge on any atom is -0.506 e. The van der Waals surface area contributed by atoms with E-state index in [0.29, 0.717) is 38.7 Å². The van der Waals surface area contributed by atoms with Crippen molar-refractivity contribution in [1.29, 1.82) is 0 Å². The minimum absolute atomic E-state index is 0.0697. The third-order valence-electron chi connectivity index (χ3n) is 3.02. The first-order valence-corrected chi connectivity index (χ1v) is 6.32. The molecule has 0 aliphatic rings. The Kier molecular flexibility index (Phi) is 3.30. The summed E-state index contributed by atoms with van der Waals surface area (Å²) in [5.74, 6) is 0.660. The van der Waals surface area contributed by atoms with Crippen molar-refractivity contribution < 1.29 is 9.52 Å². The van der Waals surface area contributed by atoms with Gasteiger partial charge < -0.3 is 9.52 Å². The zero-order chi connectivity index (χ0) is 13.4. The molecule has 0 saturated carbocycles. The lowest BCUT2D eigenvalue weighted by Crippen LogP contribution is -2.08. The number of aryl methyl sites for hydroxylation is 1. The average molecular weight is 309 g/mol. The standard InChI is InChI=1S/C14H13BrO3/c1-4-5-9-13(17)11(15)6-10-12(16)7(2)8(3)18-14(9)10/h4,6,17H,1,5H2,2-3H3. The van der Waals surface area contributed by atoms with Gasteiger partial charge in [0.05, 0.1) is 9.86 Å². The molecule has 0 bridgehead atoms. The Labute approximate surface area is 113 Å². The van der Waals surface area contributed by atoms with Crippen molar-refractivity contribution in [3.8, 4) is 5.75 Å². The first-order chi connectivity index (χ1) is 8.47. The molecule has 0 amide bonds. The zero-order valence-corrected chi connectivity index (χ0v) is 11.8. The first kappa shape index (κ1) is 12.9. The van der Waals surface area contributed by atoms with Crippen LogP contribution in [0.5, 0.6) is 5.75 Å². The van der Waals surface area contributed by atoms with Crippen molar-refractivity contribution in [2.75, 3.05) is 0 Å². The van der Waals surface area contributed by atoms with Gasteiger partial charge in [-0.05, 0) is 42.3 Å². The summed E-state index contributed by atoms with van der Waals surface area (Å²) in [6.45, 7) is 7.12. The van der Waals surface area contributed by atoms with Crippen LogP contribution in [0.1, 0.15) is 16.9 Å². The van der Waals surface area contributed by atoms with Crippen LogP contribution in [0, 0.1) is 13.8 Å². The van der Waals surface area contributed by atoms with Crippen molar-refractivity contribution in [3.63, 3.8) is 0 Å². The Hall–Kier alpha value is -1.55. The van der Waals surface area contributed by atoms with Crippen LogP contribution in [-0.4, -0.2) is 5.11 Å². The predicted molar refractivity (Wildman–Crippen MR) is 75.2 cm³/mol. The summed E-state index contributed by atoms with van der Waals surface area (Å²) in [6.07, 6.45) is 2.10. The van der Waals surface area contributed by atoms with Crippen molar-refractivity contribution in [2.24, 2.45) is 0 Å². The fourth-order valence-electron chi connectivity index (χ4n) is 1.89. The lowest BCUT2D eigenvalue weighted by molar-refractivity contribution is 0.463. The molecule has 1 aromatic heterocycles. The molecule has 0 fully saturated rings. The summed E-state index contributed by atoms with van der Waals surface area (Å²) in [5, 5.41) is 10.5. The number of halogens is 1. The molecule has 1 heterocycles. The first-order valence-electron chi connectivity index (χ1n) is 5.52. The highest BCUT2D eigenvalue weighted by Gasteiger charge is 2.16. The molecule has 0 atom stereocenters. The summed E-state index contributed by atoms with van der Waals surface area (Å²) >= 11 is 3.25. The highest BCUT2D eigenvalue weighted by Crippen LogP contribution is 2.34. The van der Waals surface area contributed by atoms with Gasteiger partial charge in [0.15, 0.2) is 5.43 Å². The van der Waals surface area contributed by atoms with Gasteiger partial charge in [0.1, 0.15) is 17.1 Å². The van der Waals surface area contributed by atoms with E-state index in [9.17, 15) is 9.90 Å². The van der Waals surface area contributed by atoms with E-state index >= 15 is 0 Å². The highest BCUT2D eigenvalue weighted by atomic mass is 79.9. The largest absolute Gasteiger partial charge is 0.506 e. The van der Waals surface area contributed by atoms with Gasteiger partial charge in [0.25, 0.3) is 0 Å². The number of allylic oxidation sites excluding steroid dienone is 1. The van der Waals surface area contributed by atoms with Gasteiger partial charge in [0, 0.05) is 11.1 Å². The van der Waals surface area contributed by atoms with Gasteiger partial charge in [-0.2, -0.15) is 0 Å². The number of hydrogen-bond acceptors (Lipinski definition) is 3. The van der Waals surface area contributed by atoms with E-state index < -0.39 is 0 Å². The van der Waals surface area contributed by atoms with E-state index in [0.717, 1.165) is 0 Å². The van der Waals surface area contributed by atoms with Crippen LogP contribution in [0.3, 0.4) is 0 Å². The predicted octanol–water partition coefficient (Wildman–Crippen LogP) is 3.61. The molecule has 18 heavy (non-hydrogen) atoms. The Morgan fingerprint density at radius 2 is 2.17 bits per heavy atom. The van der Waals surface area contributed by atoms with Gasteiger partial charge in [0.2, 0.25) is 0 Å². The quantitative estimate of drug-likeness (QED) is 0.862. The molecule has 1 N–H and O–H groups in total. The third kappa shape index (κ3) is 1.86. The number of phenolic OH excluding ortho intramolecular Hbond substituents is 1. The number of benzene rings is 1. The van der Waals surface area contributed by atoms with E-state index in [1.165, 1.54) is 0 Å². The number of rotatable bonds is 2. The van der Waals surface area contributed by atoms with E-state index in [1.54, 1.807) is 26.0 Å². The Morgan fingerprint density at radius 1 is 1.50 bits per heavy atom. The molecular formula is C14H13BrO3. The molecule has 94 valence electrons. The zero-order valence-electron chi connectivity index (χ0n) is 10.2. The molecule has 2 aromatic rings. The fourth-order valence-corrected chi connectivity index (χ4v) is 2.35. The second-order valence-corrected chi connectivity index (χ2v) is 5.02. The van der Waals surface area contributed by atoms with Crippen LogP contribution in [0.4, 0.5) is 0 Å². The SMILES string of the molecule is C=CCc1c(O)c(Br)cc2c(=O)c(C)c(C)oc12. The van der Waals surface area contributed by atoms with Gasteiger partial charge in [-0.3, -0.25) is 4.79 Å². The van der Waals surface area contributed by atoms with Crippen LogP contribution >= 0.6 is 15.9 Å². The number of fused-ring (bicyclic) bond motifs is 1. The second kappa shape index (κ2) is 4.61. The molecule has 0 spiro atoms. The van der Waals surface area contributed by atoms with Crippen molar-refractivity contribution >= 4 is 26.9 Å². The Balaban J connectivity index is 3.01. The maximum atomic E-state index is 12.2. The lowest BCUT2D eigenvalue weighted by Gasteiger charge is -2.10. The average Bonchev–Trinajstić information content (AvgIpc) is 2.34. The normalized spacial score (nSPS) is 10.8. The number of aromatic hydroxyl groups is 1. The smallest absolute Gasteiger partial charge is 0.195 e. The van der Waals surface area contributed by atoms with E-state index in [2.05, 4.69) is 22.5 Å². The second-order valence-electron chi connectivity index (χ2n) is 4.17. The summed E-state index contributed by atoms with van der Waals surface area (Å²) in [5.41, 5.74) is 1.53. The Bertz CT molecular complexity index is 698. The van der Waals surface area contributed by atoms with Crippen LogP contribution < -0.4 is 5.43 Å². The lowest BCUT2D eigenvalue weighted by atomic mass is 10.0. The summed E-state index contributed by atoms with van der Waals surface area (Å²) < 4.78 is 6.15. The number of phenols is 1. The molecule has 0 saturated heterocycles. The molecule has 0 aliphatic carbocycles. The van der Waals surface area contributed by atoms with E-state index in [1.807, 2.05) is 0 Å². The topological polar surface area (TPSA) is 50.4 Å². The summed E-state index contributed by atoms with van der Waals surface area (Å²) in [7, 11) is 0. The molecule has 3 nitrogen and oxygen atoms in total. The van der Waals surface area contributed by atoms with Crippen LogP contribution in [0.25, 0.3) is 11.0 Å². The van der Waals surface area contributed by atoms with E-state index in [-0.39, 0.29) is 11.2 Å². The van der Waals surface area contributed by atoms with Crippen molar-refractivity contribution in [3.05, 3.63) is 50.3 Å². The molecule has 0 unspecified atom stereocenters. The number of hydrogen-bond donors (Lipinski definition) is 1. The Morgan fingerprint density at radius 3 is 2.78 bits per heavy atom. The van der Waals surface area contributed by atoms with Crippen LogP contribution in [-0.2, 0) is 6.42 Å². The van der Waals surface area contributed by atoms with Crippen LogP contribution in [0.15, 0.2) is 32.4 Å². The molecular weight excluding hydrogens is 296 g/mol. The van der Waals surface area contributed by atoms with Crippen molar-refractivity contribution in [2.45, 2.75) is 20.3 Å². The highest BCUT2D eigenvalue weighted by molar-refractivity contribution is 9.10. The van der Waals surface area contributed by atoms with Crippen LogP contribution in [0.2, 0.25) is 0 Å². The van der Waals surface area contributed by atoms with Gasteiger partial charge >= 0.3 is 0 Å². The maximum Gasteiger partial charge on any atom is 0.195 e. The summed E-state index contributed by atoms with van der Waals surface area (Å²) in [6, 6.07) is 1.59. The molecule has 4 heteroatoms. The monoisotopic (exact) mass is 308 g/mol. The molecule has 2 rings (SSSR count). The minimum atomic E-state index is -0.0697. The maximum absolute atomic E-state index is 12.2. The third-order valence-corrected chi connectivity index (χ3v) is 3.62. The van der Waals surface area contributed by atoms with Crippen molar-refractivity contribution in [1.82, 2.24) is 0 Å². The van der Waals surface area contributed by atoms with Gasteiger partial charge in [-0.15, -0.1) is 6.58 Å². The van der Waals surface area contributed by atoms with Gasteiger partial charge in [-0.25, -0.2) is 0 Å². The fraction of sp³-hybridized carbons (Fsp3) is 0.214. The van der Waals surface area contributed by atoms with Gasteiger partial charge in [-0.1, -0.05) is 6.08 Å². The van der Waals surface area contributed by atoms with E-state index in [4.69, 9.17) is 4.42 Å². The molecule has 1 aromatic carbocycles. The molecule has 0 radical (unpaired) electrons. The summed E-state index contributed by atoms with van der Waals surface area (Å²) in [4.78, 5) is 12.2. The molecule has 0 aliphatic heterocycles.